The van der Waals surface area contributed by atoms with Gasteiger partial charge < -0.3 is 20.3 Å². The average Bonchev–Trinajstić information content (AvgIpc) is 2.39. The molecule has 0 spiro atoms. The molecule has 0 bridgehead atoms. The Labute approximate surface area is 117 Å². The van der Waals surface area contributed by atoms with E-state index in [1.165, 1.54) is 13.0 Å². The number of nitrogens with two attached hydrogens (primary N) is 1. The Morgan fingerprint density at radius 3 is 2.16 bits per heavy atom. The van der Waals surface area contributed by atoms with Gasteiger partial charge >= 0.3 is 5.97 Å². The molecule has 1 saturated heterocycles. The first-order valence-corrected chi connectivity index (χ1v) is 7.40. The molecule has 1 fully saturated rings. The van der Waals surface area contributed by atoms with Crippen LogP contribution < -0.4 is 5.73 Å². The minimum Gasteiger partial charge on any atom is -0.465 e. The van der Waals surface area contributed by atoms with Crippen LogP contribution in [0.1, 0.15) is 33.6 Å². The van der Waals surface area contributed by atoms with Crippen LogP contribution in [-0.4, -0.2) is 67.2 Å². The monoisotopic (exact) mass is 271 g/mol. The van der Waals surface area contributed by atoms with Gasteiger partial charge in [0.15, 0.2) is 0 Å². The molecule has 0 aliphatic carbocycles. The summed E-state index contributed by atoms with van der Waals surface area (Å²) in [5.41, 5.74) is 5.16. The third-order valence-corrected chi connectivity index (χ3v) is 3.69. The molecule has 0 aromatic heterocycles. The Morgan fingerprint density at radius 2 is 1.68 bits per heavy atom. The number of hydrogen-bond donors (Lipinski definition) is 1. The van der Waals surface area contributed by atoms with Crippen LogP contribution in [0.25, 0.3) is 0 Å². The van der Waals surface area contributed by atoms with Crippen molar-refractivity contribution in [2.45, 2.75) is 39.2 Å². The molecule has 1 aliphatic heterocycles. The first kappa shape index (κ1) is 16.4. The molecule has 0 saturated carbocycles. The van der Waals surface area contributed by atoms with Crippen LogP contribution in [-0.2, 0) is 9.53 Å². The number of carbonyl (C=O) groups excluding carboxylic acids is 1. The topological polar surface area (TPSA) is 58.8 Å². The van der Waals surface area contributed by atoms with Crippen molar-refractivity contribution in [1.29, 1.82) is 0 Å². The Balaban J connectivity index is 2.28. The molecule has 1 heterocycles. The summed E-state index contributed by atoms with van der Waals surface area (Å²) in [5.74, 6) is -0.292. The van der Waals surface area contributed by atoms with Gasteiger partial charge in [-0.3, -0.25) is 4.79 Å². The molecule has 112 valence electrons. The van der Waals surface area contributed by atoms with Gasteiger partial charge in [0.25, 0.3) is 0 Å². The van der Waals surface area contributed by atoms with Crippen LogP contribution in [0.15, 0.2) is 0 Å². The summed E-state index contributed by atoms with van der Waals surface area (Å²) in [6.45, 7) is 12.6. The highest BCUT2D eigenvalue weighted by Gasteiger charge is 2.30. The molecule has 5 nitrogen and oxygen atoms in total. The van der Waals surface area contributed by atoms with Gasteiger partial charge in [-0.1, -0.05) is 6.92 Å². The predicted octanol–water partition coefficient (Wildman–Crippen LogP) is 0.685. The largest absolute Gasteiger partial charge is 0.465 e. The maximum atomic E-state index is 11.7. The number of esters is 1. The quantitative estimate of drug-likeness (QED) is 0.690. The van der Waals surface area contributed by atoms with Gasteiger partial charge in [0.1, 0.15) is 5.54 Å². The smallest absolute Gasteiger partial charge is 0.325 e. The molecule has 1 aliphatic rings. The maximum absolute atomic E-state index is 11.7. The maximum Gasteiger partial charge on any atom is 0.325 e. The van der Waals surface area contributed by atoms with E-state index in [-0.39, 0.29) is 5.97 Å². The molecular formula is C14H29N3O2. The summed E-state index contributed by atoms with van der Waals surface area (Å²) < 4.78 is 5.00. The van der Waals surface area contributed by atoms with Gasteiger partial charge in [-0.25, -0.2) is 0 Å². The fourth-order valence-electron chi connectivity index (χ4n) is 2.34. The van der Waals surface area contributed by atoms with E-state index >= 15 is 0 Å². The van der Waals surface area contributed by atoms with E-state index in [0.717, 1.165) is 32.7 Å². The number of carbonyl (C=O) groups is 1. The second-order valence-corrected chi connectivity index (χ2v) is 5.57. The second kappa shape index (κ2) is 7.82. The molecule has 1 atom stereocenters. The summed E-state index contributed by atoms with van der Waals surface area (Å²) in [4.78, 5) is 16.6. The number of ether oxygens (including phenoxy) is 1. The van der Waals surface area contributed by atoms with Gasteiger partial charge in [-0.15, -0.1) is 0 Å². The minimum absolute atomic E-state index is 0.292. The number of hydrogen-bond acceptors (Lipinski definition) is 5. The Hall–Kier alpha value is -0.650. The van der Waals surface area contributed by atoms with Gasteiger partial charge in [-0.05, 0) is 33.2 Å². The Bertz CT molecular complexity index is 274. The van der Waals surface area contributed by atoms with Crippen LogP contribution in [0, 0.1) is 0 Å². The summed E-state index contributed by atoms with van der Waals surface area (Å²) in [5, 5.41) is 0. The molecule has 0 radical (unpaired) electrons. The van der Waals surface area contributed by atoms with E-state index in [4.69, 9.17) is 10.5 Å². The molecule has 1 rings (SSSR count). The molecular weight excluding hydrogens is 242 g/mol. The summed E-state index contributed by atoms with van der Waals surface area (Å²) in [6, 6.07) is 0. The third-order valence-electron chi connectivity index (χ3n) is 3.69. The summed E-state index contributed by atoms with van der Waals surface area (Å²) >= 11 is 0. The molecule has 1 unspecified atom stereocenters. The number of nitrogens with zero attached hydrogens (tertiary/aromatic N) is 2. The fraction of sp³-hybridized carbons (Fsp3) is 0.929. The van der Waals surface area contributed by atoms with Crippen LogP contribution in [0.3, 0.4) is 0 Å². The van der Waals surface area contributed by atoms with Gasteiger partial charge in [-0.2, -0.15) is 0 Å². The first-order valence-electron chi connectivity index (χ1n) is 7.40. The van der Waals surface area contributed by atoms with Crippen LogP contribution in [0.2, 0.25) is 0 Å². The molecule has 5 heteroatoms. The van der Waals surface area contributed by atoms with Crippen molar-refractivity contribution in [2.24, 2.45) is 5.73 Å². The van der Waals surface area contributed by atoms with E-state index < -0.39 is 5.54 Å². The highest BCUT2D eigenvalue weighted by atomic mass is 16.5. The third kappa shape index (κ3) is 5.47. The molecule has 19 heavy (non-hydrogen) atoms. The zero-order valence-electron chi connectivity index (χ0n) is 12.7. The van der Waals surface area contributed by atoms with E-state index in [1.807, 2.05) is 0 Å². The van der Waals surface area contributed by atoms with E-state index in [0.29, 0.717) is 13.0 Å². The van der Waals surface area contributed by atoms with Crippen molar-refractivity contribution < 1.29 is 9.53 Å². The lowest BCUT2D eigenvalue weighted by atomic mass is 9.99. The minimum atomic E-state index is -0.865. The lowest BCUT2D eigenvalue weighted by Crippen LogP contribution is -2.51. The molecule has 0 aromatic rings. The summed E-state index contributed by atoms with van der Waals surface area (Å²) in [7, 11) is 0. The second-order valence-electron chi connectivity index (χ2n) is 5.57. The fourth-order valence-corrected chi connectivity index (χ4v) is 2.34. The van der Waals surface area contributed by atoms with Crippen molar-refractivity contribution in [3.8, 4) is 0 Å². The van der Waals surface area contributed by atoms with Crippen molar-refractivity contribution in [1.82, 2.24) is 9.80 Å². The standard InChI is InChI=1S/C14H29N3O2/c1-4-7-16-9-11-17(12-10-16)8-6-14(3,15)13(18)19-5-2/h4-12,15H2,1-3H3. The van der Waals surface area contributed by atoms with Crippen LogP contribution in [0.4, 0.5) is 0 Å². The van der Waals surface area contributed by atoms with Crippen LogP contribution in [0.5, 0.6) is 0 Å². The van der Waals surface area contributed by atoms with Crippen LogP contribution >= 0.6 is 0 Å². The molecule has 0 aromatic carbocycles. The van der Waals surface area contributed by atoms with Gasteiger partial charge in [0.05, 0.1) is 6.61 Å². The van der Waals surface area contributed by atoms with Gasteiger partial charge in [0.2, 0.25) is 0 Å². The van der Waals surface area contributed by atoms with E-state index in [9.17, 15) is 4.79 Å². The van der Waals surface area contributed by atoms with Crippen molar-refractivity contribution >= 4 is 5.97 Å². The zero-order valence-corrected chi connectivity index (χ0v) is 12.7. The first-order chi connectivity index (χ1) is 8.99. The number of piperazine rings is 1. The Morgan fingerprint density at radius 1 is 1.16 bits per heavy atom. The van der Waals surface area contributed by atoms with E-state index in [2.05, 4.69) is 16.7 Å². The molecule has 2 N–H and O–H groups in total. The van der Waals surface area contributed by atoms with Crippen molar-refractivity contribution in [2.75, 3.05) is 45.9 Å². The SMILES string of the molecule is CCCN1CCN(CCC(C)(N)C(=O)OCC)CC1. The van der Waals surface area contributed by atoms with Crippen molar-refractivity contribution in [3.63, 3.8) is 0 Å². The Kier molecular flexibility index (Phi) is 6.75. The highest BCUT2D eigenvalue weighted by molar-refractivity contribution is 5.79. The average molecular weight is 271 g/mol. The van der Waals surface area contributed by atoms with E-state index in [1.54, 1.807) is 13.8 Å². The zero-order chi connectivity index (χ0) is 14.3. The molecule has 0 amide bonds. The van der Waals surface area contributed by atoms with Crippen molar-refractivity contribution in [3.05, 3.63) is 0 Å². The lowest BCUT2D eigenvalue weighted by molar-refractivity contribution is -0.149. The number of rotatable bonds is 7. The van der Waals surface area contributed by atoms with Gasteiger partial charge in [0, 0.05) is 32.7 Å². The highest BCUT2D eigenvalue weighted by Crippen LogP contribution is 2.11. The summed E-state index contributed by atoms with van der Waals surface area (Å²) in [6.07, 6.45) is 1.86. The predicted molar refractivity (Wildman–Crippen MR) is 77.0 cm³/mol. The normalized spacial score (nSPS) is 21.1. The lowest BCUT2D eigenvalue weighted by Gasteiger charge is -2.35.